The Bertz CT molecular complexity index is 1290. The Morgan fingerprint density at radius 2 is 1.75 bits per heavy atom. The molecule has 0 saturated heterocycles. The van der Waals surface area contributed by atoms with Gasteiger partial charge in [0, 0.05) is 23.5 Å². The molecule has 4 rings (SSSR count). The fourth-order valence-corrected chi connectivity index (χ4v) is 3.35. The van der Waals surface area contributed by atoms with Crippen LogP contribution in [0.25, 0.3) is 11.0 Å². The normalized spacial score (nSPS) is 10.7. The number of rotatable bonds is 6. The number of benzene rings is 2. The number of nitrogens with one attached hydrogen (secondary N) is 3. The molecule has 9 nitrogen and oxygen atoms in total. The number of aryl methyl sites for hydroxylation is 2. The van der Waals surface area contributed by atoms with E-state index in [1.54, 1.807) is 30.3 Å². The molecule has 0 aliphatic carbocycles. The van der Waals surface area contributed by atoms with Gasteiger partial charge in [0.05, 0.1) is 18.2 Å². The topological polar surface area (TPSA) is 122 Å². The second-order valence-corrected chi connectivity index (χ2v) is 7.26. The van der Waals surface area contributed by atoms with Gasteiger partial charge in [-0.3, -0.25) is 10.1 Å². The molecule has 0 radical (unpaired) electrons. The zero-order valence-electron chi connectivity index (χ0n) is 17.9. The third kappa shape index (κ3) is 4.56. The lowest BCUT2D eigenvalue weighted by Crippen LogP contribution is -2.13. The lowest BCUT2D eigenvalue weighted by Gasteiger charge is -2.08. The molecule has 3 N–H and O–H groups in total. The number of esters is 1. The third-order valence-electron chi connectivity index (χ3n) is 4.77. The molecule has 0 unspecified atom stereocenters. The fourth-order valence-electron chi connectivity index (χ4n) is 3.35. The van der Waals surface area contributed by atoms with Crippen LogP contribution in [-0.2, 0) is 11.3 Å². The molecule has 162 valence electrons. The van der Waals surface area contributed by atoms with E-state index in [1.807, 2.05) is 32.0 Å². The van der Waals surface area contributed by atoms with Crippen molar-refractivity contribution in [3.05, 3.63) is 76.6 Å². The lowest BCUT2D eigenvalue weighted by molar-refractivity contribution is 0.0602. The molecule has 0 aliphatic heterocycles. The van der Waals surface area contributed by atoms with Crippen LogP contribution >= 0.6 is 0 Å². The smallest absolute Gasteiger partial charge is 0.340 e. The van der Waals surface area contributed by atoms with Crippen LogP contribution in [0.5, 0.6) is 0 Å². The van der Waals surface area contributed by atoms with Crippen molar-refractivity contribution < 1.29 is 14.3 Å². The number of para-hydroxylation sites is 1. The summed E-state index contributed by atoms with van der Waals surface area (Å²) in [7, 11) is 1.31. The van der Waals surface area contributed by atoms with Crippen LogP contribution in [-0.4, -0.2) is 38.9 Å². The highest BCUT2D eigenvalue weighted by Crippen LogP contribution is 2.20. The number of nitrogens with zero attached hydrogens (tertiary/aromatic N) is 3. The maximum atomic E-state index is 12.8. The SMILES string of the molecule is COC(=O)c1cccc2[nH]c(NC(=O)c3cccc(CNc4nc(C)cc(C)n4)c3)nc12. The number of imidazole rings is 1. The van der Waals surface area contributed by atoms with Gasteiger partial charge in [0.15, 0.2) is 0 Å². The molecule has 4 aromatic rings. The minimum Gasteiger partial charge on any atom is -0.465 e. The summed E-state index contributed by atoms with van der Waals surface area (Å²) in [6.07, 6.45) is 0. The van der Waals surface area contributed by atoms with Crippen molar-refractivity contribution in [3.63, 3.8) is 0 Å². The molecule has 0 saturated carbocycles. The molecule has 9 heteroatoms. The van der Waals surface area contributed by atoms with Crippen LogP contribution in [0.15, 0.2) is 48.5 Å². The average Bonchev–Trinajstić information content (AvgIpc) is 3.19. The molecular formula is C23H22N6O3. The number of anilines is 2. The van der Waals surface area contributed by atoms with E-state index in [9.17, 15) is 9.59 Å². The van der Waals surface area contributed by atoms with Crippen LogP contribution < -0.4 is 10.6 Å². The molecule has 0 bridgehead atoms. The van der Waals surface area contributed by atoms with Gasteiger partial charge in [-0.25, -0.2) is 19.7 Å². The van der Waals surface area contributed by atoms with E-state index in [0.29, 0.717) is 34.7 Å². The summed E-state index contributed by atoms with van der Waals surface area (Å²) in [4.78, 5) is 40.8. The zero-order valence-corrected chi connectivity index (χ0v) is 17.9. The molecule has 32 heavy (non-hydrogen) atoms. The summed E-state index contributed by atoms with van der Waals surface area (Å²) in [5.74, 6) is -0.0318. The largest absolute Gasteiger partial charge is 0.465 e. The number of aromatic amines is 1. The van der Waals surface area contributed by atoms with Crippen LogP contribution in [0.1, 0.15) is 37.7 Å². The highest BCUT2D eigenvalue weighted by molar-refractivity contribution is 6.06. The summed E-state index contributed by atoms with van der Waals surface area (Å²) < 4.78 is 4.79. The number of carbonyl (C=O) groups excluding carboxylic acids is 2. The Kier molecular flexibility index (Phi) is 5.80. The second kappa shape index (κ2) is 8.84. The Balaban J connectivity index is 1.49. The Morgan fingerprint density at radius 3 is 2.50 bits per heavy atom. The predicted molar refractivity (Wildman–Crippen MR) is 121 cm³/mol. The molecule has 2 heterocycles. The fraction of sp³-hybridized carbons (Fsp3) is 0.174. The lowest BCUT2D eigenvalue weighted by atomic mass is 10.1. The number of methoxy groups -OCH3 is 1. The number of carbonyl (C=O) groups is 2. The third-order valence-corrected chi connectivity index (χ3v) is 4.77. The summed E-state index contributed by atoms with van der Waals surface area (Å²) >= 11 is 0. The van der Waals surface area contributed by atoms with Crippen LogP contribution in [0, 0.1) is 13.8 Å². The van der Waals surface area contributed by atoms with Gasteiger partial charge < -0.3 is 15.0 Å². The zero-order chi connectivity index (χ0) is 22.7. The summed E-state index contributed by atoms with van der Waals surface area (Å²) in [6, 6.07) is 14.2. The van der Waals surface area contributed by atoms with Crippen molar-refractivity contribution in [2.75, 3.05) is 17.7 Å². The number of aromatic nitrogens is 4. The van der Waals surface area contributed by atoms with Crippen molar-refractivity contribution >= 4 is 34.8 Å². The van der Waals surface area contributed by atoms with Gasteiger partial charge in [-0.1, -0.05) is 18.2 Å². The van der Waals surface area contributed by atoms with E-state index in [1.165, 1.54) is 7.11 Å². The number of hydrogen-bond acceptors (Lipinski definition) is 7. The summed E-state index contributed by atoms with van der Waals surface area (Å²) in [5.41, 5.74) is 4.51. The van der Waals surface area contributed by atoms with Gasteiger partial charge >= 0.3 is 5.97 Å². The number of amides is 1. The predicted octanol–water partition coefficient (Wildman–Crippen LogP) is 3.62. The molecule has 0 atom stereocenters. The van der Waals surface area contributed by atoms with Crippen molar-refractivity contribution in [1.29, 1.82) is 0 Å². The first-order valence-corrected chi connectivity index (χ1v) is 9.96. The first-order valence-electron chi connectivity index (χ1n) is 9.96. The second-order valence-electron chi connectivity index (χ2n) is 7.26. The van der Waals surface area contributed by atoms with Gasteiger partial charge in [0.1, 0.15) is 5.52 Å². The van der Waals surface area contributed by atoms with E-state index < -0.39 is 5.97 Å². The van der Waals surface area contributed by atoms with E-state index in [0.717, 1.165) is 17.0 Å². The maximum absolute atomic E-state index is 12.8. The van der Waals surface area contributed by atoms with Crippen molar-refractivity contribution in [3.8, 4) is 0 Å². The van der Waals surface area contributed by atoms with Gasteiger partial charge in [0.2, 0.25) is 11.9 Å². The van der Waals surface area contributed by atoms with Crippen molar-refractivity contribution in [1.82, 2.24) is 19.9 Å². The van der Waals surface area contributed by atoms with Crippen molar-refractivity contribution in [2.45, 2.75) is 20.4 Å². The minimum absolute atomic E-state index is 0.244. The molecule has 2 aromatic carbocycles. The van der Waals surface area contributed by atoms with E-state index in [-0.39, 0.29) is 11.9 Å². The quantitative estimate of drug-likeness (QED) is 0.399. The first-order chi connectivity index (χ1) is 15.4. The highest BCUT2D eigenvalue weighted by atomic mass is 16.5. The summed E-state index contributed by atoms with van der Waals surface area (Å²) in [5, 5.41) is 5.93. The van der Waals surface area contributed by atoms with Crippen LogP contribution in [0.4, 0.5) is 11.9 Å². The van der Waals surface area contributed by atoms with Gasteiger partial charge in [-0.15, -0.1) is 0 Å². The molecule has 2 aromatic heterocycles. The molecule has 1 amide bonds. The average molecular weight is 430 g/mol. The van der Waals surface area contributed by atoms with E-state index in [4.69, 9.17) is 4.74 Å². The Labute approximate surface area is 184 Å². The Hall–Kier alpha value is -4.27. The number of H-pyrrole nitrogens is 1. The maximum Gasteiger partial charge on any atom is 0.340 e. The van der Waals surface area contributed by atoms with Crippen LogP contribution in [0.2, 0.25) is 0 Å². The Morgan fingerprint density at radius 1 is 1.00 bits per heavy atom. The van der Waals surface area contributed by atoms with Gasteiger partial charge in [0.25, 0.3) is 5.91 Å². The van der Waals surface area contributed by atoms with Crippen LogP contribution in [0.3, 0.4) is 0 Å². The molecular weight excluding hydrogens is 408 g/mol. The number of hydrogen-bond donors (Lipinski definition) is 3. The van der Waals surface area contributed by atoms with Gasteiger partial charge in [-0.05, 0) is 49.7 Å². The molecule has 0 fully saturated rings. The number of fused-ring (bicyclic) bond motifs is 1. The minimum atomic E-state index is -0.493. The van der Waals surface area contributed by atoms with E-state index >= 15 is 0 Å². The van der Waals surface area contributed by atoms with Crippen molar-refractivity contribution in [2.24, 2.45) is 0 Å². The number of ether oxygens (including phenoxy) is 1. The monoisotopic (exact) mass is 430 g/mol. The van der Waals surface area contributed by atoms with Gasteiger partial charge in [-0.2, -0.15) is 0 Å². The first kappa shape index (κ1) is 21.0. The molecule has 0 aliphatic rings. The van der Waals surface area contributed by atoms with E-state index in [2.05, 4.69) is 30.6 Å². The highest BCUT2D eigenvalue weighted by Gasteiger charge is 2.15. The summed E-state index contributed by atoms with van der Waals surface area (Å²) in [6.45, 7) is 4.30. The molecule has 0 spiro atoms. The standard InChI is InChI=1S/C23H22N6O3/c1-13-10-14(2)26-22(25-13)24-12-15-6-4-7-16(11-15)20(30)29-23-27-18-9-5-8-17(19(18)28-23)21(31)32-3/h4-11H,12H2,1-3H3,(H,24,25,26)(H2,27,28,29,30).